The molecule has 0 bridgehead atoms. The number of thioether (sulfide) groups is 1. The highest BCUT2D eigenvalue weighted by atomic mass is 32.2. The molecule has 5 rings (SSSR count). The second kappa shape index (κ2) is 11.1. The van der Waals surface area contributed by atoms with Gasteiger partial charge in [-0.25, -0.2) is 0 Å². The Balaban J connectivity index is 1.28. The van der Waals surface area contributed by atoms with Crippen molar-refractivity contribution in [3.63, 3.8) is 0 Å². The quantitative estimate of drug-likeness (QED) is 0.431. The zero-order valence-corrected chi connectivity index (χ0v) is 21.2. The standard InChI is InChI=1S/C28H26N2O6S/c1-34-24-15-19(9-10-23(24)36-18-21-7-4-6-20-5-2-3-8-22(20)21)16-25-27(32)30(28(33)37-25)17-26(31)29-11-13-35-14-12-29/h2-10,15-16H,11-14,17-18H2,1H3/b25-16-. The molecule has 0 unspecified atom stereocenters. The van der Waals surface area contributed by atoms with E-state index in [1.165, 1.54) is 0 Å². The molecular formula is C28H26N2O6S. The lowest BCUT2D eigenvalue weighted by molar-refractivity contribution is -0.139. The molecule has 2 saturated heterocycles. The van der Waals surface area contributed by atoms with E-state index >= 15 is 0 Å². The number of methoxy groups -OCH3 is 1. The van der Waals surface area contributed by atoms with Gasteiger partial charge in [-0.3, -0.25) is 19.3 Å². The fourth-order valence-electron chi connectivity index (χ4n) is 4.30. The van der Waals surface area contributed by atoms with Crippen LogP contribution in [0.3, 0.4) is 0 Å². The van der Waals surface area contributed by atoms with Gasteiger partial charge in [0, 0.05) is 13.1 Å². The first-order valence-corrected chi connectivity index (χ1v) is 12.7. The van der Waals surface area contributed by atoms with Gasteiger partial charge in [0.25, 0.3) is 11.1 Å². The molecule has 8 nitrogen and oxygen atoms in total. The fourth-order valence-corrected chi connectivity index (χ4v) is 5.14. The summed E-state index contributed by atoms with van der Waals surface area (Å²) in [6.07, 6.45) is 1.63. The molecule has 2 heterocycles. The number of carbonyl (C=O) groups excluding carboxylic acids is 3. The van der Waals surface area contributed by atoms with Crippen LogP contribution >= 0.6 is 11.8 Å². The molecule has 190 valence electrons. The Kier molecular flexibility index (Phi) is 7.43. The Labute approximate surface area is 218 Å². The molecule has 0 spiro atoms. The maximum absolute atomic E-state index is 12.9. The zero-order valence-electron chi connectivity index (χ0n) is 20.3. The summed E-state index contributed by atoms with van der Waals surface area (Å²) < 4.78 is 16.9. The molecule has 0 N–H and O–H groups in total. The molecule has 3 aromatic rings. The number of carbonyl (C=O) groups is 3. The predicted octanol–water partition coefficient (Wildman–Crippen LogP) is 4.32. The first-order valence-electron chi connectivity index (χ1n) is 11.9. The molecule has 9 heteroatoms. The lowest BCUT2D eigenvalue weighted by atomic mass is 10.1. The summed E-state index contributed by atoms with van der Waals surface area (Å²) in [4.78, 5) is 40.8. The van der Waals surface area contributed by atoms with E-state index in [2.05, 4.69) is 18.2 Å². The van der Waals surface area contributed by atoms with Gasteiger partial charge in [-0.1, -0.05) is 48.5 Å². The van der Waals surface area contributed by atoms with Crippen molar-refractivity contribution < 1.29 is 28.6 Å². The highest BCUT2D eigenvalue weighted by molar-refractivity contribution is 8.18. The van der Waals surface area contributed by atoms with Crippen LogP contribution in [0.1, 0.15) is 11.1 Å². The first kappa shape index (κ1) is 24.9. The monoisotopic (exact) mass is 518 g/mol. The summed E-state index contributed by atoms with van der Waals surface area (Å²) in [5.41, 5.74) is 1.74. The topological polar surface area (TPSA) is 85.4 Å². The van der Waals surface area contributed by atoms with Gasteiger partial charge in [0.1, 0.15) is 13.2 Å². The molecule has 0 aromatic heterocycles. The van der Waals surface area contributed by atoms with Crippen LogP contribution in [0.2, 0.25) is 0 Å². The molecule has 0 aliphatic carbocycles. The highest BCUT2D eigenvalue weighted by Gasteiger charge is 2.37. The van der Waals surface area contributed by atoms with Crippen LogP contribution < -0.4 is 9.47 Å². The number of fused-ring (bicyclic) bond motifs is 1. The molecule has 0 radical (unpaired) electrons. The number of amides is 3. The Morgan fingerprint density at radius 3 is 2.62 bits per heavy atom. The van der Waals surface area contributed by atoms with Crippen molar-refractivity contribution in [2.24, 2.45) is 0 Å². The van der Waals surface area contributed by atoms with Gasteiger partial charge >= 0.3 is 0 Å². The van der Waals surface area contributed by atoms with E-state index in [4.69, 9.17) is 14.2 Å². The summed E-state index contributed by atoms with van der Waals surface area (Å²) in [7, 11) is 1.55. The summed E-state index contributed by atoms with van der Waals surface area (Å²) in [5.74, 6) is 0.334. The number of rotatable bonds is 7. The second-order valence-electron chi connectivity index (χ2n) is 8.60. The molecule has 3 aromatic carbocycles. The van der Waals surface area contributed by atoms with E-state index in [0.29, 0.717) is 50.0 Å². The maximum Gasteiger partial charge on any atom is 0.294 e. The number of hydrogen-bond donors (Lipinski definition) is 0. The van der Waals surface area contributed by atoms with Crippen LogP contribution in [0.4, 0.5) is 4.79 Å². The average Bonchev–Trinajstić information content (AvgIpc) is 3.19. The largest absolute Gasteiger partial charge is 0.493 e. The van der Waals surface area contributed by atoms with Crippen molar-refractivity contribution in [1.82, 2.24) is 9.80 Å². The van der Waals surface area contributed by atoms with E-state index in [1.54, 1.807) is 36.3 Å². The molecule has 2 fully saturated rings. The van der Waals surface area contributed by atoms with Crippen LogP contribution in [0.25, 0.3) is 16.8 Å². The molecule has 0 saturated carbocycles. The Hall–Kier alpha value is -3.82. The number of nitrogens with zero attached hydrogens (tertiary/aromatic N) is 2. The van der Waals surface area contributed by atoms with Gasteiger partial charge in [0.15, 0.2) is 11.5 Å². The number of imide groups is 1. The fraction of sp³-hybridized carbons (Fsp3) is 0.250. The van der Waals surface area contributed by atoms with Crippen LogP contribution in [0.15, 0.2) is 65.6 Å². The number of ether oxygens (including phenoxy) is 3. The van der Waals surface area contributed by atoms with Crippen LogP contribution in [-0.4, -0.2) is 66.8 Å². The Bertz CT molecular complexity index is 1380. The third-order valence-corrected chi connectivity index (χ3v) is 7.19. The normalized spacial score (nSPS) is 17.1. The first-order chi connectivity index (χ1) is 18.0. The minimum absolute atomic E-state index is 0.256. The van der Waals surface area contributed by atoms with E-state index in [9.17, 15) is 14.4 Å². The summed E-state index contributed by atoms with van der Waals surface area (Å²) in [6.45, 7) is 1.92. The van der Waals surface area contributed by atoms with Gasteiger partial charge in [0.05, 0.1) is 25.2 Å². The van der Waals surface area contributed by atoms with Crippen LogP contribution in [0, 0.1) is 0 Å². The van der Waals surface area contributed by atoms with E-state index in [-0.39, 0.29) is 17.4 Å². The van der Waals surface area contributed by atoms with Crippen molar-refractivity contribution in [3.05, 3.63) is 76.7 Å². The van der Waals surface area contributed by atoms with Gasteiger partial charge < -0.3 is 19.1 Å². The lowest BCUT2D eigenvalue weighted by Crippen LogP contribution is -2.46. The minimum Gasteiger partial charge on any atom is -0.493 e. The van der Waals surface area contributed by atoms with E-state index in [0.717, 1.165) is 33.0 Å². The molecule has 2 aliphatic heterocycles. The summed E-state index contributed by atoms with van der Waals surface area (Å²) in [6, 6.07) is 19.6. The van der Waals surface area contributed by atoms with Crippen molar-refractivity contribution in [2.45, 2.75) is 6.61 Å². The van der Waals surface area contributed by atoms with Crippen molar-refractivity contribution in [1.29, 1.82) is 0 Å². The zero-order chi connectivity index (χ0) is 25.8. The van der Waals surface area contributed by atoms with Gasteiger partial charge in [0.2, 0.25) is 5.91 Å². The highest BCUT2D eigenvalue weighted by Crippen LogP contribution is 2.35. The van der Waals surface area contributed by atoms with Crippen LogP contribution in [-0.2, 0) is 20.9 Å². The van der Waals surface area contributed by atoms with Crippen molar-refractivity contribution in [3.8, 4) is 11.5 Å². The molecule has 0 atom stereocenters. The number of morpholine rings is 1. The van der Waals surface area contributed by atoms with E-state index in [1.807, 2.05) is 24.3 Å². The molecular weight excluding hydrogens is 492 g/mol. The SMILES string of the molecule is COc1cc(/C=C2\SC(=O)N(CC(=O)N3CCOCC3)C2=O)ccc1OCc1cccc2ccccc12. The summed E-state index contributed by atoms with van der Waals surface area (Å²) in [5, 5.41) is 1.81. The third kappa shape index (κ3) is 5.47. The van der Waals surface area contributed by atoms with Crippen LogP contribution in [0.5, 0.6) is 11.5 Å². The van der Waals surface area contributed by atoms with Gasteiger partial charge in [-0.15, -0.1) is 0 Å². The van der Waals surface area contributed by atoms with Crippen molar-refractivity contribution >= 4 is 45.7 Å². The molecule has 37 heavy (non-hydrogen) atoms. The Morgan fingerprint density at radius 1 is 1.03 bits per heavy atom. The number of benzene rings is 3. The van der Waals surface area contributed by atoms with Gasteiger partial charge in [-0.2, -0.15) is 0 Å². The van der Waals surface area contributed by atoms with Gasteiger partial charge in [-0.05, 0) is 51.9 Å². The van der Waals surface area contributed by atoms with Crippen molar-refractivity contribution in [2.75, 3.05) is 40.0 Å². The Morgan fingerprint density at radius 2 is 1.81 bits per heavy atom. The third-order valence-electron chi connectivity index (χ3n) is 6.28. The smallest absolute Gasteiger partial charge is 0.294 e. The summed E-state index contributed by atoms with van der Waals surface area (Å²) >= 11 is 0.823. The molecule has 2 aliphatic rings. The maximum atomic E-state index is 12.9. The minimum atomic E-state index is -0.480. The van der Waals surface area contributed by atoms with E-state index < -0.39 is 11.1 Å². The molecule has 3 amide bonds. The predicted molar refractivity (Wildman–Crippen MR) is 141 cm³/mol. The second-order valence-corrected chi connectivity index (χ2v) is 9.59. The average molecular weight is 519 g/mol. The lowest BCUT2D eigenvalue weighted by Gasteiger charge is -2.28. The number of hydrogen-bond acceptors (Lipinski definition) is 7.